The van der Waals surface area contributed by atoms with Gasteiger partial charge in [0.15, 0.2) is 0 Å². The fourth-order valence-corrected chi connectivity index (χ4v) is 3.49. The number of carbonyl (C=O) groups is 1. The standard InChI is InChI=1S/C15H16BrFO3/c16-11-4-3-10(12(17)7-11)8-15(14(18)19)5-6-20-13(15)9-1-2-9/h3-4,7,9,13H,1-2,5-6,8H2,(H,18,19). The normalized spacial score (nSPS) is 29.6. The predicted octanol–water partition coefficient (Wildman–Crippen LogP) is 3.40. The average Bonchev–Trinajstić information content (AvgIpc) is 3.14. The van der Waals surface area contributed by atoms with Gasteiger partial charge in [0, 0.05) is 11.1 Å². The molecule has 1 N–H and O–H groups in total. The SMILES string of the molecule is O=C(O)C1(Cc2ccc(Br)cc2F)CCOC1C1CC1. The van der Waals surface area contributed by atoms with Crippen molar-refractivity contribution in [2.45, 2.75) is 31.8 Å². The molecule has 0 bridgehead atoms. The van der Waals surface area contributed by atoms with Crippen LogP contribution >= 0.6 is 15.9 Å². The molecule has 2 fully saturated rings. The van der Waals surface area contributed by atoms with Crippen LogP contribution in [0.3, 0.4) is 0 Å². The highest BCUT2D eigenvalue weighted by Crippen LogP contribution is 2.49. The smallest absolute Gasteiger partial charge is 0.312 e. The van der Waals surface area contributed by atoms with Crippen LogP contribution < -0.4 is 0 Å². The van der Waals surface area contributed by atoms with Crippen LogP contribution in [0.25, 0.3) is 0 Å². The summed E-state index contributed by atoms with van der Waals surface area (Å²) in [6.07, 6.45) is 2.41. The molecule has 1 aromatic rings. The molecule has 0 radical (unpaired) electrons. The van der Waals surface area contributed by atoms with Gasteiger partial charge in [0.2, 0.25) is 0 Å². The summed E-state index contributed by atoms with van der Waals surface area (Å²) in [5, 5.41) is 9.71. The zero-order chi connectivity index (χ0) is 14.3. The Morgan fingerprint density at radius 2 is 2.25 bits per heavy atom. The molecule has 5 heteroatoms. The molecular weight excluding hydrogens is 327 g/mol. The van der Waals surface area contributed by atoms with Gasteiger partial charge in [0.1, 0.15) is 11.2 Å². The lowest BCUT2D eigenvalue weighted by atomic mass is 9.74. The molecule has 3 nitrogen and oxygen atoms in total. The number of hydrogen-bond donors (Lipinski definition) is 1. The Morgan fingerprint density at radius 3 is 2.85 bits per heavy atom. The summed E-state index contributed by atoms with van der Waals surface area (Å²) >= 11 is 3.22. The summed E-state index contributed by atoms with van der Waals surface area (Å²) in [6.45, 7) is 0.450. The van der Waals surface area contributed by atoms with E-state index in [4.69, 9.17) is 4.74 Å². The van der Waals surface area contributed by atoms with Crippen molar-refractivity contribution in [3.63, 3.8) is 0 Å². The topological polar surface area (TPSA) is 46.5 Å². The fourth-order valence-electron chi connectivity index (χ4n) is 3.15. The molecule has 1 saturated heterocycles. The maximum Gasteiger partial charge on any atom is 0.312 e. The van der Waals surface area contributed by atoms with E-state index in [2.05, 4.69) is 15.9 Å². The first-order valence-corrected chi connectivity index (χ1v) is 7.61. The third-order valence-electron chi connectivity index (χ3n) is 4.39. The predicted molar refractivity (Wildman–Crippen MR) is 75.0 cm³/mol. The van der Waals surface area contributed by atoms with Gasteiger partial charge >= 0.3 is 5.97 Å². The van der Waals surface area contributed by atoms with E-state index in [1.807, 2.05) is 0 Å². The molecule has 0 aromatic heterocycles. The number of aliphatic carboxylic acids is 1. The maximum atomic E-state index is 14.0. The van der Waals surface area contributed by atoms with Gasteiger partial charge in [-0.25, -0.2) is 4.39 Å². The van der Waals surface area contributed by atoms with E-state index in [-0.39, 0.29) is 18.3 Å². The van der Waals surface area contributed by atoms with Crippen LogP contribution in [0.4, 0.5) is 4.39 Å². The van der Waals surface area contributed by atoms with Crippen LogP contribution in [0.5, 0.6) is 0 Å². The van der Waals surface area contributed by atoms with Gasteiger partial charge in [-0.05, 0) is 49.3 Å². The van der Waals surface area contributed by atoms with Gasteiger partial charge < -0.3 is 9.84 Å². The van der Waals surface area contributed by atoms with Crippen LogP contribution in [0, 0.1) is 17.2 Å². The Bertz CT molecular complexity index is 544. The molecular formula is C15H16BrFO3. The number of halogens is 2. The number of carboxylic acids is 1. The highest BCUT2D eigenvalue weighted by Gasteiger charge is 2.55. The molecule has 20 heavy (non-hydrogen) atoms. The summed E-state index contributed by atoms with van der Waals surface area (Å²) in [5.74, 6) is -0.900. The number of rotatable bonds is 4. The fraction of sp³-hybridized carbons (Fsp3) is 0.533. The zero-order valence-electron chi connectivity index (χ0n) is 10.9. The van der Waals surface area contributed by atoms with E-state index in [1.165, 1.54) is 6.07 Å². The second-order valence-corrected chi connectivity index (χ2v) is 6.67. The molecule has 2 atom stereocenters. The molecule has 1 aliphatic carbocycles. The van der Waals surface area contributed by atoms with Gasteiger partial charge in [-0.3, -0.25) is 4.79 Å². The summed E-state index contributed by atoms with van der Waals surface area (Å²) in [6, 6.07) is 4.79. The van der Waals surface area contributed by atoms with Gasteiger partial charge in [0.05, 0.1) is 6.10 Å². The molecule has 108 valence electrons. The first-order chi connectivity index (χ1) is 9.53. The van der Waals surface area contributed by atoms with Crippen molar-refractivity contribution < 1.29 is 19.0 Å². The minimum absolute atomic E-state index is 0.197. The number of benzene rings is 1. The van der Waals surface area contributed by atoms with Gasteiger partial charge in [-0.1, -0.05) is 22.0 Å². The second-order valence-electron chi connectivity index (χ2n) is 5.75. The molecule has 1 heterocycles. The summed E-state index contributed by atoms with van der Waals surface area (Å²) in [7, 11) is 0. The number of hydrogen-bond acceptors (Lipinski definition) is 2. The molecule has 1 saturated carbocycles. The van der Waals surface area contributed by atoms with Crippen molar-refractivity contribution in [2.75, 3.05) is 6.61 Å². The minimum Gasteiger partial charge on any atom is -0.481 e. The average molecular weight is 343 g/mol. The first-order valence-electron chi connectivity index (χ1n) is 6.82. The highest BCUT2D eigenvalue weighted by molar-refractivity contribution is 9.10. The third-order valence-corrected chi connectivity index (χ3v) is 4.88. The van der Waals surface area contributed by atoms with Crippen LogP contribution in [0.2, 0.25) is 0 Å². The van der Waals surface area contributed by atoms with Crippen molar-refractivity contribution in [3.8, 4) is 0 Å². The van der Waals surface area contributed by atoms with Crippen molar-refractivity contribution in [1.29, 1.82) is 0 Å². The molecule has 0 spiro atoms. The lowest BCUT2D eigenvalue weighted by molar-refractivity contribution is -0.153. The summed E-state index contributed by atoms with van der Waals surface area (Å²) in [4.78, 5) is 11.8. The lowest BCUT2D eigenvalue weighted by Crippen LogP contribution is -2.42. The van der Waals surface area contributed by atoms with E-state index in [0.29, 0.717) is 29.0 Å². The Hall–Kier alpha value is -0.940. The largest absolute Gasteiger partial charge is 0.481 e. The summed E-state index contributed by atoms with van der Waals surface area (Å²) < 4.78 is 20.4. The Morgan fingerprint density at radius 1 is 1.50 bits per heavy atom. The third kappa shape index (κ3) is 2.37. The van der Waals surface area contributed by atoms with Crippen molar-refractivity contribution in [3.05, 3.63) is 34.1 Å². The quantitative estimate of drug-likeness (QED) is 0.912. The van der Waals surface area contributed by atoms with E-state index in [0.717, 1.165) is 12.8 Å². The first kappa shape index (κ1) is 14.0. The molecule has 0 amide bonds. The Balaban J connectivity index is 1.92. The van der Waals surface area contributed by atoms with Gasteiger partial charge in [-0.2, -0.15) is 0 Å². The highest BCUT2D eigenvalue weighted by atomic mass is 79.9. The van der Waals surface area contributed by atoms with E-state index in [1.54, 1.807) is 12.1 Å². The molecule has 2 aliphatic rings. The lowest BCUT2D eigenvalue weighted by Gasteiger charge is -2.30. The van der Waals surface area contributed by atoms with E-state index < -0.39 is 11.4 Å². The minimum atomic E-state index is -0.976. The van der Waals surface area contributed by atoms with E-state index in [9.17, 15) is 14.3 Å². The van der Waals surface area contributed by atoms with Crippen LogP contribution in [0.15, 0.2) is 22.7 Å². The summed E-state index contributed by atoms with van der Waals surface area (Å²) in [5.41, 5.74) is -0.526. The number of carboxylic acid groups (broad SMARTS) is 1. The Labute approximate surface area is 125 Å². The van der Waals surface area contributed by atoms with Crippen LogP contribution in [-0.4, -0.2) is 23.8 Å². The monoisotopic (exact) mass is 342 g/mol. The Kier molecular flexibility index (Phi) is 3.58. The number of ether oxygens (including phenoxy) is 1. The zero-order valence-corrected chi connectivity index (χ0v) is 12.5. The second kappa shape index (κ2) is 5.11. The van der Waals surface area contributed by atoms with Gasteiger partial charge in [0.25, 0.3) is 0 Å². The van der Waals surface area contributed by atoms with Crippen molar-refractivity contribution >= 4 is 21.9 Å². The van der Waals surface area contributed by atoms with Crippen molar-refractivity contribution in [1.82, 2.24) is 0 Å². The molecule has 1 aromatic carbocycles. The van der Waals surface area contributed by atoms with Gasteiger partial charge in [-0.15, -0.1) is 0 Å². The molecule has 1 aliphatic heterocycles. The van der Waals surface area contributed by atoms with Crippen LogP contribution in [-0.2, 0) is 16.0 Å². The molecule has 3 rings (SSSR count). The van der Waals surface area contributed by atoms with Crippen molar-refractivity contribution in [2.24, 2.45) is 11.3 Å². The van der Waals surface area contributed by atoms with Crippen LogP contribution in [0.1, 0.15) is 24.8 Å². The molecule has 2 unspecified atom stereocenters. The van der Waals surface area contributed by atoms with E-state index >= 15 is 0 Å². The maximum absolute atomic E-state index is 14.0.